The number of unbranched alkanes of at least 4 members (excludes halogenated alkanes) is 2. The van der Waals surface area contributed by atoms with Crippen molar-refractivity contribution in [3.63, 3.8) is 0 Å². The SMILES string of the molecule is CCCCN(C(=O)CSc1nnc2sc3ccccc3n12)c1c(N)n(CCCC)c(=O)[nH]c1=O. The summed E-state index contributed by atoms with van der Waals surface area (Å²) in [5.74, 6) is -0.222. The standard InChI is InChI=1S/C22H27N7O3S2/c1-3-5-11-27(17-18(23)28(12-6-4-2)20(32)24-19(17)31)16(30)13-33-21-25-26-22-29(21)14-9-7-8-10-15(14)34-22/h7-10H,3-6,11-13,23H2,1-2H3,(H,24,31,32). The average molecular weight is 502 g/mol. The number of carbonyl (C=O) groups excluding carboxylic acids is 1. The Kier molecular flexibility index (Phi) is 7.37. The summed E-state index contributed by atoms with van der Waals surface area (Å²) in [5.41, 5.74) is 6.06. The van der Waals surface area contributed by atoms with Crippen LogP contribution in [-0.4, -0.2) is 42.4 Å². The van der Waals surface area contributed by atoms with Crippen LogP contribution in [0.2, 0.25) is 0 Å². The largest absolute Gasteiger partial charge is 0.383 e. The third kappa shape index (κ3) is 4.60. The number of nitrogen functional groups attached to an aromatic ring is 1. The highest BCUT2D eigenvalue weighted by atomic mass is 32.2. The molecule has 0 aliphatic heterocycles. The monoisotopic (exact) mass is 501 g/mol. The molecule has 3 heterocycles. The number of nitrogens with zero attached hydrogens (tertiary/aromatic N) is 5. The van der Waals surface area contributed by atoms with Crippen molar-refractivity contribution in [2.24, 2.45) is 0 Å². The van der Waals surface area contributed by atoms with Crippen LogP contribution in [0.4, 0.5) is 11.5 Å². The zero-order chi connectivity index (χ0) is 24.2. The summed E-state index contributed by atoms with van der Waals surface area (Å²) >= 11 is 2.79. The average Bonchev–Trinajstić information content (AvgIpc) is 3.38. The van der Waals surface area contributed by atoms with E-state index in [9.17, 15) is 14.4 Å². The van der Waals surface area contributed by atoms with Crippen molar-refractivity contribution >= 4 is 55.7 Å². The zero-order valence-electron chi connectivity index (χ0n) is 19.1. The number of rotatable bonds is 10. The van der Waals surface area contributed by atoms with Crippen molar-refractivity contribution in [2.45, 2.75) is 51.2 Å². The Morgan fingerprint density at radius 3 is 2.71 bits per heavy atom. The van der Waals surface area contributed by atoms with Gasteiger partial charge in [0.05, 0.1) is 16.0 Å². The number of para-hydroxylation sites is 1. The number of nitrogens with two attached hydrogens (primary N) is 1. The van der Waals surface area contributed by atoms with E-state index in [-0.39, 0.29) is 23.2 Å². The first-order valence-electron chi connectivity index (χ1n) is 11.2. The van der Waals surface area contributed by atoms with E-state index in [1.165, 1.54) is 32.6 Å². The van der Waals surface area contributed by atoms with Crippen LogP contribution in [0.15, 0.2) is 39.0 Å². The van der Waals surface area contributed by atoms with Gasteiger partial charge in [0.2, 0.25) is 10.9 Å². The summed E-state index contributed by atoms with van der Waals surface area (Å²) in [6.07, 6.45) is 3.11. The maximum absolute atomic E-state index is 13.4. The molecule has 0 fully saturated rings. The number of hydrogen-bond donors (Lipinski definition) is 2. The molecule has 10 nitrogen and oxygen atoms in total. The molecule has 3 aromatic heterocycles. The maximum Gasteiger partial charge on any atom is 0.330 e. The van der Waals surface area contributed by atoms with Crippen molar-refractivity contribution in [3.8, 4) is 0 Å². The summed E-state index contributed by atoms with van der Waals surface area (Å²) in [7, 11) is 0. The molecule has 34 heavy (non-hydrogen) atoms. The minimum Gasteiger partial charge on any atom is -0.383 e. The molecule has 3 N–H and O–H groups in total. The van der Waals surface area contributed by atoms with E-state index in [0.717, 1.165) is 34.4 Å². The number of aromatic nitrogens is 5. The van der Waals surface area contributed by atoms with E-state index in [4.69, 9.17) is 5.73 Å². The van der Waals surface area contributed by atoms with E-state index in [0.29, 0.717) is 24.7 Å². The van der Waals surface area contributed by atoms with Gasteiger partial charge in [-0.1, -0.05) is 61.9 Å². The zero-order valence-corrected chi connectivity index (χ0v) is 20.7. The molecule has 12 heteroatoms. The van der Waals surface area contributed by atoms with E-state index in [1.807, 2.05) is 42.5 Å². The molecule has 0 atom stereocenters. The van der Waals surface area contributed by atoms with Gasteiger partial charge >= 0.3 is 5.69 Å². The van der Waals surface area contributed by atoms with E-state index in [2.05, 4.69) is 15.2 Å². The Bertz CT molecular complexity index is 1440. The minimum absolute atomic E-state index is 0.0188. The number of anilines is 2. The Morgan fingerprint density at radius 1 is 1.18 bits per heavy atom. The van der Waals surface area contributed by atoms with Crippen molar-refractivity contribution in [1.29, 1.82) is 0 Å². The third-order valence-electron chi connectivity index (χ3n) is 5.49. The molecule has 180 valence electrons. The van der Waals surface area contributed by atoms with Crippen molar-refractivity contribution in [2.75, 3.05) is 22.9 Å². The lowest BCUT2D eigenvalue weighted by Gasteiger charge is -2.24. The molecule has 0 spiro atoms. The van der Waals surface area contributed by atoms with Crippen LogP contribution in [0, 0.1) is 0 Å². The summed E-state index contributed by atoms with van der Waals surface area (Å²) in [6, 6.07) is 7.92. The number of aromatic amines is 1. The van der Waals surface area contributed by atoms with Gasteiger partial charge in [0.1, 0.15) is 5.82 Å². The molecule has 4 aromatic rings. The van der Waals surface area contributed by atoms with Gasteiger partial charge in [-0.15, -0.1) is 10.2 Å². The second-order valence-electron chi connectivity index (χ2n) is 7.86. The molecule has 0 radical (unpaired) electrons. The molecule has 1 aromatic carbocycles. The summed E-state index contributed by atoms with van der Waals surface area (Å²) < 4.78 is 4.35. The molecule has 0 bridgehead atoms. The van der Waals surface area contributed by atoms with Crippen LogP contribution >= 0.6 is 23.1 Å². The smallest absolute Gasteiger partial charge is 0.330 e. The van der Waals surface area contributed by atoms with Gasteiger partial charge in [0, 0.05) is 13.1 Å². The number of H-pyrrole nitrogens is 1. The highest BCUT2D eigenvalue weighted by Crippen LogP contribution is 2.30. The van der Waals surface area contributed by atoms with Gasteiger partial charge in [-0.2, -0.15) is 0 Å². The van der Waals surface area contributed by atoms with E-state index in [1.54, 1.807) is 0 Å². The lowest BCUT2D eigenvalue weighted by Crippen LogP contribution is -2.42. The molecular weight excluding hydrogens is 474 g/mol. The quantitative estimate of drug-likeness (QED) is 0.319. The van der Waals surface area contributed by atoms with Gasteiger partial charge < -0.3 is 10.6 Å². The number of thioether (sulfide) groups is 1. The Balaban J connectivity index is 1.64. The number of fused-ring (bicyclic) bond motifs is 3. The minimum atomic E-state index is -0.654. The summed E-state index contributed by atoms with van der Waals surface area (Å²) in [5, 5.41) is 9.08. The maximum atomic E-state index is 13.4. The van der Waals surface area contributed by atoms with Crippen LogP contribution in [0.25, 0.3) is 15.2 Å². The molecule has 4 rings (SSSR count). The van der Waals surface area contributed by atoms with Crippen LogP contribution in [0.5, 0.6) is 0 Å². The van der Waals surface area contributed by atoms with Crippen LogP contribution in [0.1, 0.15) is 39.5 Å². The van der Waals surface area contributed by atoms with Crippen LogP contribution < -0.4 is 21.9 Å². The Hall–Kier alpha value is -3.12. The third-order valence-corrected chi connectivity index (χ3v) is 7.42. The number of hydrogen-bond acceptors (Lipinski definition) is 8. The lowest BCUT2D eigenvalue weighted by atomic mass is 10.2. The molecule has 0 unspecified atom stereocenters. The summed E-state index contributed by atoms with van der Waals surface area (Å²) in [4.78, 5) is 42.9. The molecule has 1 amide bonds. The Morgan fingerprint density at radius 2 is 1.94 bits per heavy atom. The first kappa shape index (κ1) is 24.0. The Labute approximate surface area is 203 Å². The van der Waals surface area contributed by atoms with Gasteiger partial charge in [-0.25, -0.2) is 4.79 Å². The fourth-order valence-electron chi connectivity index (χ4n) is 3.71. The van der Waals surface area contributed by atoms with Crippen LogP contribution in [-0.2, 0) is 11.3 Å². The molecule has 0 saturated carbocycles. The van der Waals surface area contributed by atoms with Gasteiger partial charge in [-0.3, -0.25) is 23.5 Å². The van der Waals surface area contributed by atoms with Gasteiger partial charge in [-0.05, 0) is 25.0 Å². The molecule has 0 aliphatic carbocycles. The normalized spacial score (nSPS) is 11.5. The van der Waals surface area contributed by atoms with Crippen LogP contribution in [0.3, 0.4) is 0 Å². The van der Waals surface area contributed by atoms with Gasteiger partial charge in [0.25, 0.3) is 5.56 Å². The number of nitrogens with one attached hydrogen (secondary N) is 1. The van der Waals surface area contributed by atoms with Crippen molar-refractivity contribution in [1.82, 2.24) is 24.1 Å². The van der Waals surface area contributed by atoms with E-state index >= 15 is 0 Å². The highest BCUT2D eigenvalue weighted by molar-refractivity contribution is 7.99. The van der Waals surface area contributed by atoms with Crippen molar-refractivity contribution < 1.29 is 4.79 Å². The van der Waals surface area contributed by atoms with Crippen molar-refractivity contribution in [3.05, 3.63) is 45.1 Å². The fourth-order valence-corrected chi connectivity index (χ4v) is 5.55. The predicted octanol–water partition coefficient (Wildman–Crippen LogP) is 3.10. The number of amides is 1. The first-order chi connectivity index (χ1) is 16.5. The fraction of sp³-hybridized carbons (Fsp3) is 0.409. The second kappa shape index (κ2) is 10.4. The predicted molar refractivity (Wildman–Crippen MR) is 137 cm³/mol. The highest BCUT2D eigenvalue weighted by Gasteiger charge is 2.25. The number of benzene rings is 1. The molecule has 0 aliphatic rings. The lowest BCUT2D eigenvalue weighted by molar-refractivity contribution is -0.116. The number of thiazole rings is 1. The topological polar surface area (TPSA) is 131 Å². The molecular formula is C22H27N7O3S2. The van der Waals surface area contributed by atoms with Gasteiger partial charge in [0.15, 0.2) is 10.8 Å². The first-order valence-corrected chi connectivity index (χ1v) is 13.0. The van der Waals surface area contributed by atoms with E-state index < -0.39 is 11.2 Å². The number of carbonyl (C=O) groups is 1. The second-order valence-corrected chi connectivity index (χ2v) is 9.81. The molecule has 0 saturated heterocycles. The summed E-state index contributed by atoms with van der Waals surface area (Å²) in [6.45, 7) is 4.70.